The van der Waals surface area contributed by atoms with Gasteiger partial charge in [-0.15, -0.1) is 0 Å². The number of rotatable bonds is 5. The van der Waals surface area contributed by atoms with E-state index < -0.39 is 11.5 Å². The number of nitrogens with one attached hydrogen (secondary N) is 2. The number of pyridine rings is 1. The molecule has 0 aliphatic heterocycles. The number of carbonyl (C=O) groups excluding carboxylic acids is 1. The maximum atomic E-state index is 12.9. The molecule has 2 N–H and O–H groups in total. The lowest BCUT2D eigenvalue weighted by Gasteiger charge is -2.04. The van der Waals surface area contributed by atoms with Crippen LogP contribution in [0.1, 0.15) is 10.4 Å². The van der Waals surface area contributed by atoms with Gasteiger partial charge in [0.1, 0.15) is 5.56 Å². The molecule has 0 atom stereocenters. The summed E-state index contributed by atoms with van der Waals surface area (Å²) in [6.07, 6.45) is 3.58. The first kappa shape index (κ1) is 20.6. The third-order valence-corrected chi connectivity index (χ3v) is 6.12. The van der Waals surface area contributed by atoms with Crippen LogP contribution in [0.3, 0.4) is 0 Å². The Morgan fingerprint density at radius 2 is 1.67 bits per heavy atom. The van der Waals surface area contributed by atoms with E-state index in [9.17, 15) is 9.59 Å². The molecule has 7 nitrogen and oxygen atoms in total. The van der Waals surface area contributed by atoms with Gasteiger partial charge in [0.25, 0.3) is 11.5 Å². The minimum absolute atomic E-state index is 0.0182. The van der Waals surface area contributed by atoms with Gasteiger partial charge in [-0.3, -0.25) is 14.9 Å². The van der Waals surface area contributed by atoms with E-state index in [1.807, 2.05) is 78.5 Å². The van der Waals surface area contributed by atoms with Gasteiger partial charge in [0.15, 0.2) is 11.0 Å². The fourth-order valence-corrected chi connectivity index (χ4v) is 4.53. The number of anilines is 1. The van der Waals surface area contributed by atoms with E-state index >= 15 is 0 Å². The van der Waals surface area contributed by atoms with Crippen molar-refractivity contribution in [1.29, 1.82) is 0 Å². The number of carbonyl (C=O) groups is 1. The van der Waals surface area contributed by atoms with Gasteiger partial charge in [-0.25, -0.2) is 9.97 Å². The number of hydrogen-bond acceptors (Lipinski definition) is 5. The third kappa shape index (κ3) is 4.11. The molecule has 0 bridgehead atoms. The number of H-pyrrole nitrogens is 1. The molecule has 0 fully saturated rings. The van der Waals surface area contributed by atoms with E-state index in [0.717, 1.165) is 27.5 Å². The minimum Gasteiger partial charge on any atom is -0.333 e. The largest absolute Gasteiger partial charge is 0.333 e. The van der Waals surface area contributed by atoms with E-state index in [0.29, 0.717) is 10.8 Å². The lowest BCUT2D eigenvalue weighted by atomic mass is 10.1. The average molecular weight is 454 g/mol. The van der Waals surface area contributed by atoms with Crippen LogP contribution in [0.25, 0.3) is 33.2 Å². The number of imidazole rings is 1. The summed E-state index contributed by atoms with van der Waals surface area (Å²) in [6, 6.07) is 22.4. The second kappa shape index (κ2) is 8.68. The number of benzene rings is 2. The summed E-state index contributed by atoms with van der Waals surface area (Å²) in [5.74, 6) is 0.229. The molecule has 0 spiro atoms. The highest BCUT2D eigenvalue weighted by molar-refractivity contribution is 7.19. The van der Waals surface area contributed by atoms with E-state index in [2.05, 4.69) is 20.3 Å². The maximum absolute atomic E-state index is 12.9. The van der Waals surface area contributed by atoms with Crippen molar-refractivity contribution in [3.63, 3.8) is 0 Å². The van der Waals surface area contributed by atoms with Gasteiger partial charge < -0.3 is 9.55 Å². The van der Waals surface area contributed by atoms with Crippen LogP contribution in [0.5, 0.6) is 0 Å². The highest BCUT2D eigenvalue weighted by Crippen LogP contribution is 2.38. The standard InChI is InChI=1S/C25H19N5O2S/c1-30-15-14-26-22(30)21-20(17-10-6-3-7-11-17)28-25(33-21)29-24(32)18-12-13-19(27-23(18)31)16-8-4-2-5-9-16/h2-15H,1H3,(H,27,31)(H,28,29,32). The van der Waals surface area contributed by atoms with Crippen LogP contribution in [-0.4, -0.2) is 25.4 Å². The summed E-state index contributed by atoms with van der Waals surface area (Å²) in [5.41, 5.74) is 2.71. The first-order chi connectivity index (χ1) is 16.1. The Morgan fingerprint density at radius 3 is 2.30 bits per heavy atom. The van der Waals surface area contributed by atoms with Gasteiger partial charge in [-0.1, -0.05) is 72.0 Å². The molecule has 0 saturated heterocycles. The fraction of sp³-hybridized carbons (Fsp3) is 0.0400. The fourth-order valence-electron chi connectivity index (χ4n) is 3.50. The zero-order valence-corrected chi connectivity index (χ0v) is 18.5. The number of hydrogen-bond donors (Lipinski definition) is 2. The molecule has 0 aliphatic rings. The highest BCUT2D eigenvalue weighted by Gasteiger charge is 2.20. The van der Waals surface area contributed by atoms with Gasteiger partial charge in [0.05, 0.1) is 10.6 Å². The first-order valence-corrected chi connectivity index (χ1v) is 11.1. The monoisotopic (exact) mass is 453 g/mol. The minimum atomic E-state index is -0.518. The van der Waals surface area contributed by atoms with Gasteiger partial charge in [-0.2, -0.15) is 0 Å². The normalized spacial score (nSPS) is 10.8. The first-order valence-electron chi connectivity index (χ1n) is 10.2. The van der Waals surface area contributed by atoms with Crippen molar-refractivity contribution in [2.24, 2.45) is 7.05 Å². The van der Waals surface area contributed by atoms with Crippen molar-refractivity contribution in [3.8, 4) is 33.2 Å². The Balaban J connectivity index is 1.47. The Hall–Kier alpha value is -4.30. The Bertz CT molecular complexity index is 1490. The van der Waals surface area contributed by atoms with Crippen molar-refractivity contribution >= 4 is 22.4 Å². The Labute approximate surface area is 193 Å². The van der Waals surface area contributed by atoms with Gasteiger partial charge in [-0.05, 0) is 17.7 Å². The van der Waals surface area contributed by atoms with Crippen LogP contribution in [-0.2, 0) is 7.05 Å². The second-order valence-corrected chi connectivity index (χ2v) is 8.36. The number of amides is 1. The highest BCUT2D eigenvalue weighted by atomic mass is 32.1. The summed E-state index contributed by atoms with van der Waals surface area (Å²) in [6.45, 7) is 0. The van der Waals surface area contributed by atoms with Crippen molar-refractivity contribution in [1.82, 2.24) is 19.5 Å². The molecule has 3 aromatic heterocycles. The van der Waals surface area contributed by atoms with Gasteiger partial charge in [0.2, 0.25) is 0 Å². The van der Waals surface area contributed by atoms with Crippen LogP contribution < -0.4 is 10.9 Å². The molecule has 0 unspecified atom stereocenters. The molecule has 5 rings (SSSR count). The predicted molar refractivity (Wildman–Crippen MR) is 130 cm³/mol. The molecular formula is C25H19N5O2S. The van der Waals surface area contributed by atoms with Crippen molar-refractivity contribution < 1.29 is 4.79 Å². The zero-order valence-electron chi connectivity index (χ0n) is 17.6. The number of aromatic amines is 1. The molecule has 5 aromatic rings. The van der Waals surface area contributed by atoms with Crippen molar-refractivity contribution in [2.75, 3.05) is 5.32 Å². The van der Waals surface area contributed by atoms with Crippen molar-refractivity contribution in [3.05, 3.63) is 101 Å². The van der Waals surface area contributed by atoms with Crippen molar-refractivity contribution in [2.45, 2.75) is 0 Å². The smallest absolute Gasteiger partial charge is 0.263 e. The SMILES string of the molecule is Cn1ccnc1-c1sc(NC(=O)c2ccc(-c3ccccc3)[nH]c2=O)nc1-c1ccccc1. The summed E-state index contributed by atoms with van der Waals surface area (Å²) < 4.78 is 1.90. The quantitative estimate of drug-likeness (QED) is 0.399. The molecular weight excluding hydrogens is 434 g/mol. The van der Waals surface area contributed by atoms with Crippen LogP contribution in [0.4, 0.5) is 5.13 Å². The number of thiazole rings is 1. The van der Waals surface area contributed by atoms with Crippen LogP contribution in [0, 0.1) is 0 Å². The Morgan fingerprint density at radius 1 is 0.970 bits per heavy atom. The molecule has 2 aromatic carbocycles. The molecule has 162 valence electrons. The van der Waals surface area contributed by atoms with Crippen LogP contribution in [0.15, 0.2) is 90.0 Å². The van der Waals surface area contributed by atoms with E-state index in [-0.39, 0.29) is 5.56 Å². The summed E-state index contributed by atoms with van der Waals surface area (Å²) in [7, 11) is 1.91. The second-order valence-electron chi connectivity index (χ2n) is 7.36. The third-order valence-electron chi connectivity index (χ3n) is 5.16. The molecule has 0 saturated carbocycles. The maximum Gasteiger partial charge on any atom is 0.263 e. The topological polar surface area (TPSA) is 92.7 Å². The zero-order chi connectivity index (χ0) is 22.8. The summed E-state index contributed by atoms with van der Waals surface area (Å²) >= 11 is 1.32. The lowest BCUT2D eigenvalue weighted by Crippen LogP contribution is -2.23. The molecule has 3 heterocycles. The number of nitrogens with zero attached hydrogens (tertiary/aromatic N) is 3. The van der Waals surface area contributed by atoms with E-state index in [1.165, 1.54) is 17.4 Å². The molecule has 0 radical (unpaired) electrons. The lowest BCUT2D eigenvalue weighted by molar-refractivity contribution is 0.102. The van der Waals surface area contributed by atoms with Crippen LogP contribution in [0.2, 0.25) is 0 Å². The number of aryl methyl sites for hydroxylation is 1. The Kier molecular flexibility index (Phi) is 5.42. The summed E-state index contributed by atoms with van der Waals surface area (Å²) in [4.78, 5) is 38.2. The average Bonchev–Trinajstić information content (AvgIpc) is 3.45. The molecule has 0 aliphatic carbocycles. The van der Waals surface area contributed by atoms with Gasteiger partial charge in [0, 0.05) is 30.7 Å². The molecule has 1 amide bonds. The molecule has 33 heavy (non-hydrogen) atoms. The van der Waals surface area contributed by atoms with Gasteiger partial charge >= 0.3 is 0 Å². The summed E-state index contributed by atoms with van der Waals surface area (Å²) in [5, 5.41) is 3.17. The van der Waals surface area contributed by atoms with Crippen LogP contribution >= 0.6 is 11.3 Å². The predicted octanol–water partition coefficient (Wildman–Crippen LogP) is 4.82. The van der Waals surface area contributed by atoms with E-state index in [4.69, 9.17) is 0 Å². The van der Waals surface area contributed by atoms with E-state index in [1.54, 1.807) is 12.3 Å². The number of aromatic nitrogens is 4. The molecule has 8 heteroatoms.